The number of hydrogen-bond acceptors (Lipinski definition) is 9. The van der Waals surface area contributed by atoms with Crippen LogP contribution in [0, 0.1) is 0 Å². The van der Waals surface area contributed by atoms with Gasteiger partial charge in [0, 0.05) is 95.7 Å². The maximum absolute atomic E-state index is 12.4. The molecular weight excluding hydrogens is 628 g/mol. The second-order valence-electron chi connectivity index (χ2n) is 13.2. The monoisotopic (exact) mass is 674 g/mol. The summed E-state index contributed by atoms with van der Waals surface area (Å²) >= 11 is 0. The third kappa shape index (κ3) is 7.56. The highest BCUT2D eigenvalue weighted by Gasteiger charge is 2.24. The average Bonchev–Trinajstić information content (AvgIpc) is 3.86. The van der Waals surface area contributed by atoms with Crippen molar-refractivity contribution in [2.45, 2.75) is 37.6 Å². The molecule has 5 aromatic rings. The molecule has 2 aromatic carbocycles. The molecule has 7 rings (SSSR count). The minimum Gasteiger partial charge on any atom is -0.369 e. The number of anilines is 3. The molecule has 2 aliphatic heterocycles. The number of carbonyl (C=O) groups excluding carboxylic acids is 2. The van der Waals surface area contributed by atoms with Crippen LogP contribution in [0.4, 0.5) is 17.2 Å². The van der Waals surface area contributed by atoms with Crippen LogP contribution in [0.5, 0.6) is 0 Å². The quantitative estimate of drug-likeness (QED) is 0.173. The van der Waals surface area contributed by atoms with Gasteiger partial charge in [-0.05, 0) is 37.0 Å². The Balaban J connectivity index is 0.855. The molecule has 0 spiro atoms. The number of aromatic nitrogens is 5. The summed E-state index contributed by atoms with van der Waals surface area (Å²) in [6, 6.07) is 18.9. The number of rotatable bonds is 13. The molecule has 2 aliphatic rings. The van der Waals surface area contributed by atoms with E-state index in [0.29, 0.717) is 24.7 Å². The van der Waals surface area contributed by atoms with E-state index in [9.17, 15) is 9.59 Å². The zero-order chi connectivity index (χ0) is 34.3. The molecular formula is C38H46N10O2. The fraction of sp³-hybridized carbons (Fsp3) is 0.395. The predicted octanol–water partition coefficient (Wildman–Crippen LogP) is 4.60. The number of likely N-dealkylation sites (tertiary alicyclic amines) is 1. The number of nitrogens with one attached hydrogen (secondary N) is 2. The van der Waals surface area contributed by atoms with E-state index in [4.69, 9.17) is 10.1 Å². The van der Waals surface area contributed by atoms with Crippen molar-refractivity contribution in [3.05, 3.63) is 91.1 Å². The van der Waals surface area contributed by atoms with Crippen LogP contribution in [0.3, 0.4) is 0 Å². The SMILES string of the molecule is CNC(=O)C(CCC=O)c1ccc(N2CCN(CCN3CCC(n4cc(Nc5ncc(-c6ccccc6)n6ccnc56)cn4)CC3)CC2)cc1. The molecule has 260 valence electrons. The molecule has 2 fully saturated rings. The predicted molar refractivity (Wildman–Crippen MR) is 196 cm³/mol. The van der Waals surface area contributed by atoms with Crippen molar-refractivity contribution < 1.29 is 9.59 Å². The number of amides is 1. The molecule has 50 heavy (non-hydrogen) atoms. The van der Waals surface area contributed by atoms with E-state index >= 15 is 0 Å². The Morgan fingerprint density at radius 3 is 2.38 bits per heavy atom. The zero-order valence-corrected chi connectivity index (χ0v) is 28.7. The van der Waals surface area contributed by atoms with Gasteiger partial charge in [-0.15, -0.1) is 0 Å². The van der Waals surface area contributed by atoms with Gasteiger partial charge in [-0.1, -0.05) is 42.5 Å². The van der Waals surface area contributed by atoms with E-state index < -0.39 is 0 Å². The molecule has 0 bridgehead atoms. The van der Waals surface area contributed by atoms with Crippen LogP contribution in [-0.2, 0) is 9.59 Å². The molecule has 1 unspecified atom stereocenters. The number of aldehydes is 1. The topological polar surface area (TPSA) is 116 Å². The molecule has 1 atom stereocenters. The summed E-state index contributed by atoms with van der Waals surface area (Å²) < 4.78 is 4.17. The summed E-state index contributed by atoms with van der Waals surface area (Å²) in [5, 5.41) is 10.9. The lowest BCUT2D eigenvalue weighted by molar-refractivity contribution is -0.122. The molecule has 0 radical (unpaired) electrons. The van der Waals surface area contributed by atoms with Gasteiger partial charge < -0.3 is 25.2 Å². The lowest BCUT2D eigenvalue weighted by Gasteiger charge is -2.38. The van der Waals surface area contributed by atoms with Crippen molar-refractivity contribution >= 4 is 35.0 Å². The van der Waals surface area contributed by atoms with Crippen LogP contribution in [0.15, 0.2) is 85.6 Å². The highest BCUT2D eigenvalue weighted by atomic mass is 16.1. The fourth-order valence-electron chi connectivity index (χ4n) is 7.26. The number of piperazine rings is 1. The van der Waals surface area contributed by atoms with E-state index in [1.807, 2.05) is 48.9 Å². The minimum atomic E-state index is -0.295. The Bertz CT molecular complexity index is 1860. The van der Waals surface area contributed by atoms with E-state index in [0.717, 1.165) is 99.6 Å². The first-order valence-corrected chi connectivity index (χ1v) is 17.7. The molecule has 12 nitrogen and oxygen atoms in total. The third-order valence-corrected chi connectivity index (χ3v) is 10.2. The first-order chi connectivity index (χ1) is 24.6. The van der Waals surface area contributed by atoms with Gasteiger partial charge in [0.1, 0.15) is 6.29 Å². The number of hydrogen-bond donors (Lipinski definition) is 2. The number of fused-ring (bicyclic) bond motifs is 1. The van der Waals surface area contributed by atoms with Gasteiger partial charge in [0.05, 0.1) is 35.7 Å². The highest BCUT2D eigenvalue weighted by Crippen LogP contribution is 2.28. The number of benzene rings is 2. The number of imidazole rings is 1. The van der Waals surface area contributed by atoms with Crippen molar-refractivity contribution in [1.82, 2.24) is 39.3 Å². The molecule has 5 heterocycles. The largest absolute Gasteiger partial charge is 0.369 e. The Morgan fingerprint density at radius 2 is 1.66 bits per heavy atom. The Labute approximate surface area is 293 Å². The van der Waals surface area contributed by atoms with Crippen LogP contribution in [0.1, 0.15) is 43.2 Å². The van der Waals surface area contributed by atoms with E-state index in [-0.39, 0.29) is 11.8 Å². The van der Waals surface area contributed by atoms with Gasteiger partial charge in [0.25, 0.3) is 0 Å². The smallest absolute Gasteiger partial charge is 0.227 e. The normalized spacial score (nSPS) is 16.8. The van der Waals surface area contributed by atoms with Gasteiger partial charge in [-0.2, -0.15) is 5.10 Å². The summed E-state index contributed by atoms with van der Waals surface area (Å²) in [6.07, 6.45) is 13.6. The number of likely N-dealkylation sites (N-methyl/N-ethyl adjacent to an activating group) is 1. The number of carbonyl (C=O) groups is 2. The molecule has 2 N–H and O–H groups in total. The molecule has 0 saturated carbocycles. The van der Waals surface area contributed by atoms with Crippen LogP contribution in [0.25, 0.3) is 16.9 Å². The number of piperidine rings is 1. The van der Waals surface area contributed by atoms with Gasteiger partial charge in [0.15, 0.2) is 11.5 Å². The minimum absolute atomic E-state index is 0.0447. The van der Waals surface area contributed by atoms with Crippen LogP contribution >= 0.6 is 0 Å². The van der Waals surface area contributed by atoms with E-state index in [1.54, 1.807) is 13.2 Å². The van der Waals surface area contributed by atoms with Crippen molar-refractivity contribution in [3.8, 4) is 11.3 Å². The lowest BCUT2D eigenvalue weighted by atomic mass is 9.93. The Hall–Kier alpha value is -5.07. The summed E-state index contributed by atoms with van der Waals surface area (Å²) in [7, 11) is 1.64. The number of nitrogens with zero attached hydrogens (tertiary/aromatic N) is 8. The first kappa shape index (κ1) is 33.4. The third-order valence-electron chi connectivity index (χ3n) is 10.2. The van der Waals surface area contributed by atoms with Crippen molar-refractivity contribution in [1.29, 1.82) is 0 Å². The average molecular weight is 675 g/mol. The standard InChI is InChI=1S/C38H46N10O2/c1-39-38(50)34(8-5-25-49)29-9-11-32(12-10-29)46-23-21-45(22-24-46)20-19-44-16-13-33(14-17-44)48-28-31(26-42-48)43-36-37-40-15-18-47(37)35(27-41-36)30-6-3-2-4-7-30/h2-4,6-7,9-12,15,18,25-28,33-34H,5,8,13-14,16-17,19-24H2,1H3,(H,39,50)(H,41,43). The first-order valence-electron chi connectivity index (χ1n) is 17.7. The van der Waals surface area contributed by atoms with E-state index in [1.165, 1.54) is 5.69 Å². The summed E-state index contributed by atoms with van der Waals surface area (Å²) in [6.45, 7) is 8.35. The van der Waals surface area contributed by atoms with Crippen molar-refractivity contribution in [2.75, 3.05) is 69.6 Å². The molecule has 12 heteroatoms. The van der Waals surface area contributed by atoms with Crippen LogP contribution in [0.2, 0.25) is 0 Å². The maximum atomic E-state index is 12.4. The molecule has 2 saturated heterocycles. The Kier molecular flexibility index (Phi) is 10.5. The molecule has 1 amide bonds. The zero-order valence-electron chi connectivity index (χ0n) is 28.7. The molecule has 0 aliphatic carbocycles. The lowest BCUT2D eigenvalue weighted by Crippen LogP contribution is -2.49. The molecule has 3 aromatic heterocycles. The second-order valence-corrected chi connectivity index (χ2v) is 13.2. The van der Waals surface area contributed by atoms with Gasteiger partial charge in [-0.3, -0.25) is 18.8 Å². The second kappa shape index (κ2) is 15.6. The van der Waals surface area contributed by atoms with Crippen molar-refractivity contribution in [2.24, 2.45) is 0 Å². The summed E-state index contributed by atoms with van der Waals surface area (Å²) in [4.78, 5) is 40.1. The summed E-state index contributed by atoms with van der Waals surface area (Å²) in [5.74, 6) is 0.370. The Morgan fingerprint density at radius 1 is 0.920 bits per heavy atom. The van der Waals surface area contributed by atoms with Gasteiger partial charge >= 0.3 is 0 Å². The van der Waals surface area contributed by atoms with E-state index in [2.05, 4.69) is 69.9 Å². The summed E-state index contributed by atoms with van der Waals surface area (Å²) in [5.41, 5.74) is 5.93. The fourth-order valence-corrected chi connectivity index (χ4v) is 7.26. The highest BCUT2D eigenvalue weighted by molar-refractivity contribution is 5.83. The van der Waals surface area contributed by atoms with Crippen molar-refractivity contribution in [3.63, 3.8) is 0 Å². The van der Waals surface area contributed by atoms with Crippen LogP contribution in [-0.4, -0.2) is 106 Å². The van der Waals surface area contributed by atoms with Gasteiger partial charge in [-0.25, -0.2) is 9.97 Å². The van der Waals surface area contributed by atoms with Crippen LogP contribution < -0.4 is 15.5 Å². The maximum Gasteiger partial charge on any atom is 0.227 e. The van der Waals surface area contributed by atoms with Gasteiger partial charge in [0.2, 0.25) is 5.91 Å².